The van der Waals surface area contributed by atoms with Crippen LogP contribution in [0.15, 0.2) is 67.4 Å². The van der Waals surface area contributed by atoms with E-state index in [0.717, 1.165) is 0 Å². The fraction of sp³-hybridized carbons (Fsp3) is 0.143. The van der Waals surface area contributed by atoms with Crippen LogP contribution in [0.1, 0.15) is 28.2 Å². The Morgan fingerprint density at radius 2 is 1.77 bits per heavy atom. The average Bonchev–Trinajstić information content (AvgIpc) is 3.22. The Bertz CT molecular complexity index is 1340. The Morgan fingerprint density at radius 3 is 2.45 bits per heavy atom. The summed E-state index contributed by atoms with van der Waals surface area (Å²) in [5, 5.41) is 6.16. The summed E-state index contributed by atoms with van der Waals surface area (Å²) in [6.45, 7) is 1.52. The van der Waals surface area contributed by atoms with Crippen molar-refractivity contribution < 1.29 is 17.6 Å². The molecule has 0 aliphatic heterocycles. The molecule has 0 aliphatic rings. The first-order valence-corrected chi connectivity index (χ1v) is 11.1. The Hall–Kier alpha value is -3.66. The number of halogens is 1. The van der Waals surface area contributed by atoms with Gasteiger partial charge in [-0.3, -0.25) is 14.8 Å². The summed E-state index contributed by atoms with van der Waals surface area (Å²) in [6, 6.07) is 8.82. The van der Waals surface area contributed by atoms with E-state index in [2.05, 4.69) is 20.4 Å². The van der Waals surface area contributed by atoms with Gasteiger partial charge in [-0.1, -0.05) is 6.92 Å². The number of nitrogens with zero attached hydrogens (tertiary/aromatic N) is 4. The maximum absolute atomic E-state index is 13.3. The van der Waals surface area contributed by atoms with Crippen molar-refractivity contribution >= 4 is 26.6 Å². The molecule has 1 atom stereocenters. The zero-order chi connectivity index (χ0) is 22.0. The van der Waals surface area contributed by atoms with Crippen LogP contribution in [-0.2, 0) is 9.84 Å². The number of amides is 1. The summed E-state index contributed by atoms with van der Waals surface area (Å²) in [7, 11) is -3.65. The van der Waals surface area contributed by atoms with E-state index in [1.807, 2.05) is 0 Å². The van der Waals surface area contributed by atoms with Crippen molar-refractivity contribution in [2.45, 2.75) is 12.3 Å². The van der Waals surface area contributed by atoms with Gasteiger partial charge in [-0.15, -0.1) is 0 Å². The molecule has 1 aromatic carbocycles. The third-order valence-electron chi connectivity index (χ3n) is 4.85. The van der Waals surface area contributed by atoms with Crippen molar-refractivity contribution in [1.29, 1.82) is 0 Å². The highest BCUT2D eigenvalue weighted by Crippen LogP contribution is 2.24. The maximum atomic E-state index is 13.3. The summed E-state index contributed by atoms with van der Waals surface area (Å²) < 4.78 is 40.1. The van der Waals surface area contributed by atoms with Crippen LogP contribution in [0.5, 0.6) is 0 Å². The lowest BCUT2D eigenvalue weighted by Gasteiger charge is -2.19. The Balaban J connectivity index is 1.73. The number of pyridine rings is 2. The molecule has 0 spiro atoms. The van der Waals surface area contributed by atoms with E-state index in [4.69, 9.17) is 0 Å². The molecule has 0 bridgehead atoms. The number of rotatable bonds is 6. The van der Waals surface area contributed by atoms with E-state index in [0.29, 0.717) is 22.2 Å². The van der Waals surface area contributed by atoms with Crippen molar-refractivity contribution in [3.63, 3.8) is 0 Å². The Kier molecular flexibility index (Phi) is 5.47. The molecule has 8 nitrogen and oxygen atoms in total. The third kappa shape index (κ3) is 4.02. The molecule has 1 N–H and O–H groups in total. The zero-order valence-electron chi connectivity index (χ0n) is 16.4. The van der Waals surface area contributed by atoms with E-state index in [-0.39, 0.29) is 17.1 Å². The number of aromatic nitrogens is 4. The minimum absolute atomic E-state index is 0.148. The first kappa shape index (κ1) is 20.6. The van der Waals surface area contributed by atoms with E-state index < -0.39 is 21.1 Å². The van der Waals surface area contributed by atoms with Gasteiger partial charge in [0.05, 0.1) is 29.2 Å². The number of nitrogens with one attached hydrogen (secondary N) is 1. The average molecular weight is 439 g/mol. The summed E-state index contributed by atoms with van der Waals surface area (Å²) in [5.41, 5.74) is 1.71. The first-order chi connectivity index (χ1) is 14.9. The van der Waals surface area contributed by atoms with Crippen LogP contribution >= 0.6 is 0 Å². The van der Waals surface area contributed by atoms with E-state index in [9.17, 15) is 17.6 Å². The number of hydrogen-bond acceptors (Lipinski definition) is 6. The second kappa shape index (κ2) is 8.23. The highest BCUT2D eigenvalue weighted by molar-refractivity contribution is 7.91. The first-order valence-electron chi connectivity index (χ1n) is 9.40. The van der Waals surface area contributed by atoms with Gasteiger partial charge in [-0.25, -0.2) is 17.5 Å². The third-order valence-corrected chi connectivity index (χ3v) is 6.76. The maximum Gasteiger partial charge on any atom is 0.254 e. The number of benzene rings is 1. The van der Waals surface area contributed by atoms with E-state index in [1.165, 1.54) is 54.7 Å². The molecule has 0 saturated carbocycles. The molecular weight excluding hydrogens is 421 g/mol. The van der Waals surface area contributed by atoms with Gasteiger partial charge >= 0.3 is 0 Å². The van der Waals surface area contributed by atoms with Gasteiger partial charge in [0.25, 0.3) is 5.91 Å². The molecule has 0 radical (unpaired) electrons. The highest BCUT2D eigenvalue weighted by atomic mass is 32.2. The summed E-state index contributed by atoms with van der Waals surface area (Å²) in [5.74, 6) is -1.13. The predicted octanol–water partition coefficient (Wildman–Crippen LogP) is 2.82. The van der Waals surface area contributed by atoms with Gasteiger partial charge in [-0.05, 0) is 42.0 Å². The van der Waals surface area contributed by atoms with Crippen LogP contribution in [0.25, 0.3) is 16.6 Å². The number of carbonyl (C=O) groups is 1. The number of hydrogen-bond donors (Lipinski definition) is 1. The van der Waals surface area contributed by atoms with Crippen LogP contribution in [0.2, 0.25) is 0 Å². The predicted molar refractivity (Wildman–Crippen MR) is 113 cm³/mol. The minimum Gasteiger partial charge on any atom is -0.332 e. The monoisotopic (exact) mass is 439 g/mol. The topological polar surface area (TPSA) is 107 Å². The SMILES string of the molecule is CCS(=O)(=O)C(NC(=O)c1cncc2c1cnn2-c1ccc(F)cc1)c1ccncc1. The zero-order valence-corrected chi connectivity index (χ0v) is 17.3. The van der Waals surface area contributed by atoms with Crippen molar-refractivity contribution in [3.8, 4) is 5.69 Å². The van der Waals surface area contributed by atoms with Gasteiger partial charge in [0.15, 0.2) is 15.2 Å². The van der Waals surface area contributed by atoms with Crippen LogP contribution in [-0.4, -0.2) is 39.8 Å². The number of sulfone groups is 1. The van der Waals surface area contributed by atoms with Gasteiger partial charge in [0, 0.05) is 29.7 Å². The van der Waals surface area contributed by atoms with Crippen molar-refractivity contribution in [2.24, 2.45) is 0 Å². The standard InChI is InChI=1S/C21H18FN5O3S/c1-2-31(29,30)21(14-7-9-23-10-8-14)26-20(28)18-11-24-13-19-17(18)12-25-27(19)16-5-3-15(22)4-6-16/h3-13,21H,2H2,1H3,(H,26,28). The lowest BCUT2D eigenvalue weighted by molar-refractivity contribution is 0.0949. The van der Waals surface area contributed by atoms with Gasteiger partial charge < -0.3 is 5.32 Å². The Labute approximate surface area is 177 Å². The van der Waals surface area contributed by atoms with Crippen molar-refractivity contribution in [2.75, 3.05) is 5.75 Å². The minimum atomic E-state index is -3.65. The van der Waals surface area contributed by atoms with Crippen LogP contribution < -0.4 is 5.32 Å². The molecule has 4 rings (SSSR count). The molecule has 1 unspecified atom stereocenters. The lowest BCUT2D eigenvalue weighted by Crippen LogP contribution is -2.34. The van der Waals surface area contributed by atoms with Crippen LogP contribution in [0.4, 0.5) is 4.39 Å². The molecule has 0 fully saturated rings. The fourth-order valence-electron chi connectivity index (χ4n) is 3.19. The lowest BCUT2D eigenvalue weighted by atomic mass is 10.1. The molecule has 10 heteroatoms. The second-order valence-electron chi connectivity index (χ2n) is 6.74. The van der Waals surface area contributed by atoms with Gasteiger partial charge in [-0.2, -0.15) is 5.10 Å². The normalized spacial score (nSPS) is 12.6. The Morgan fingerprint density at radius 1 is 1.06 bits per heavy atom. The summed E-state index contributed by atoms with van der Waals surface area (Å²) in [4.78, 5) is 21.1. The number of fused-ring (bicyclic) bond motifs is 1. The number of carbonyl (C=O) groups excluding carboxylic acids is 1. The molecule has 1 amide bonds. The highest BCUT2D eigenvalue weighted by Gasteiger charge is 2.28. The van der Waals surface area contributed by atoms with E-state index in [1.54, 1.807) is 24.3 Å². The molecule has 31 heavy (non-hydrogen) atoms. The second-order valence-corrected chi connectivity index (χ2v) is 9.11. The summed E-state index contributed by atoms with van der Waals surface area (Å²) in [6.07, 6.45) is 7.32. The van der Waals surface area contributed by atoms with Crippen molar-refractivity contribution in [1.82, 2.24) is 25.1 Å². The van der Waals surface area contributed by atoms with Crippen molar-refractivity contribution in [3.05, 3.63) is 84.3 Å². The molecule has 158 valence electrons. The molecule has 0 saturated heterocycles. The molecule has 0 aliphatic carbocycles. The largest absolute Gasteiger partial charge is 0.332 e. The summed E-state index contributed by atoms with van der Waals surface area (Å²) >= 11 is 0. The molecule has 3 heterocycles. The van der Waals surface area contributed by atoms with E-state index >= 15 is 0 Å². The molecular formula is C21H18FN5O3S. The molecule has 3 aromatic heterocycles. The van der Waals surface area contributed by atoms with Crippen LogP contribution in [0, 0.1) is 5.82 Å². The smallest absolute Gasteiger partial charge is 0.254 e. The molecule has 4 aromatic rings. The fourth-order valence-corrected chi connectivity index (χ4v) is 4.38. The van der Waals surface area contributed by atoms with Gasteiger partial charge in [0.1, 0.15) is 5.82 Å². The van der Waals surface area contributed by atoms with Crippen LogP contribution in [0.3, 0.4) is 0 Å². The van der Waals surface area contributed by atoms with Gasteiger partial charge in [0.2, 0.25) is 0 Å². The quantitative estimate of drug-likeness (QED) is 0.495.